The number of halogens is 2. The molecule has 1 amide bonds. The first-order valence-electron chi connectivity index (χ1n) is 7.44. The topological polar surface area (TPSA) is 92.7 Å². The van der Waals surface area contributed by atoms with Crippen LogP contribution in [0.1, 0.15) is 13.8 Å². The van der Waals surface area contributed by atoms with Gasteiger partial charge in [-0.2, -0.15) is 0 Å². The number of rotatable bonds is 4. The van der Waals surface area contributed by atoms with Crippen LogP contribution in [0.25, 0.3) is 0 Å². The average Bonchev–Trinajstić information content (AvgIpc) is 2.53. The summed E-state index contributed by atoms with van der Waals surface area (Å²) in [6.07, 6.45) is 0. The Morgan fingerprint density at radius 2 is 1.79 bits per heavy atom. The van der Waals surface area contributed by atoms with Crippen molar-refractivity contribution < 1.29 is 9.72 Å². The number of amides is 1. The molecule has 2 N–H and O–H groups in total. The van der Waals surface area contributed by atoms with Crippen LogP contribution in [0.3, 0.4) is 0 Å². The third-order valence-electron chi connectivity index (χ3n) is 4.00. The van der Waals surface area contributed by atoms with Crippen molar-refractivity contribution in [1.82, 2.24) is 4.90 Å². The van der Waals surface area contributed by atoms with Crippen molar-refractivity contribution in [2.75, 3.05) is 31.1 Å². The highest BCUT2D eigenvalue weighted by Crippen LogP contribution is 2.22. The molecule has 2 rings (SSSR count). The number of hydrogen-bond acceptors (Lipinski definition) is 5. The zero-order valence-electron chi connectivity index (χ0n) is 13.8. The third kappa shape index (κ3) is 5.22. The van der Waals surface area contributed by atoms with Crippen LogP contribution in [0.4, 0.5) is 11.4 Å². The number of nitrogens with two attached hydrogens (primary N) is 1. The van der Waals surface area contributed by atoms with E-state index in [1.54, 1.807) is 17.0 Å². The van der Waals surface area contributed by atoms with E-state index >= 15 is 0 Å². The van der Waals surface area contributed by atoms with Crippen LogP contribution in [-0.2, 0) is 4.79 Å². The summed E-state index contributed by atoms with van der Waals surface area (Å²) < 4.78 is 0. The lowest BCUT2D eigenvalue weighted by Crippen LogP contribution is -2.54. The molecule has 1 aromatic carbocycles. The second-order valence-corrected chi connectivity index (χ2v) is 5.86. The summed E-state index contributed by atoms with van der Waals surface area (Å²) in [5.74, 6) is 0.0935. The van der Waals surface area contributed by atoms with Gasteiger partial charge in [0.15, 0.2) is 0 Å². The van der Waals surface area contributed by atoms with Gasteiger partial charge in [-0.3, -0.25) is 14.9 Å². The number of non-ortho nitro benzene ring substituents is 1. The Kier molecular flexibility index (Phi) is 9.03. The van der Waals surface area contributed by atoms with E-state index in [0.29, 0.717) is 26.2 Å². The summed E-state index contributed by atoms with van der Waals surface area (Å²) >= 11 is 0. The summed E-state index contributed by atoms with van der Waals surface area (Å²) in [7, 11) is 0. The summed E-state index contributed by atoms with van der Waals surface area (Å²) in [6, 6.07) is 6.11. The second kappa shape index (κ2) is 9.66. The standard InChI is InChI=1S/C15H22N4O3.2ClH/c1-11(2)14(16)15(20)18-8-6-17(7-9-18)12-4-3-5-13(10-12)19(21)22;;/h3-5,10-11,14H,6-9,16H2,1-2H3;2*1H/t14-;;/m1../s1. The van der Waals surface area contributed by atoms with E-state index < -0.39 is 11.0 Å². The van der Waals surface area contributed by atoms with Crippen molar-refractivity contribution in [3.8, 4) is 0 Å². The number of anilines is 1. The van der Waals surface area contributed by atoms with Crippen LogP contribution in [0.2, 0.25) is 0 Å². The molecule has 0 aliphatic carbocycles. The van der Waals surface area contributed by atoms with E-state index in [1.807, 2.05) is 19.9 Å². The number of nitrogens with zero attached hydrogens (tertiary/aromatic N) is 3. The Labute approximate surface area is 154 Å². The molecule has 1 aliphatic rings. The van der Waals surface area contributed by atoms with Crippen LogP contribution in [0.5, 0.6) is 0 Å². The Morgan fingerprint density at radius 3 is 2.29 bits per heavy atom. The molecule has 0 bridgehead atoms. The highest BCUT2D eigenvalue weighted by Gasteiger charge is 2.27. The van der Waals surface area contributed by atoms with Gasteiger partial charge in [-0.05, 0) is 12.0 Å². The molecule has 0 spiro atoms. The maximum atomic E-state index is 12.2. The fourth-order valence-electron chi connectivity index (χ4n) is 2.48. The lowest BCUT2D eigenvalue weighted by molar-refractivity contribution is -0.384. The van der Waals surface area contributed by atoms with E-state index in [1.165, 1.54) is 6.07 Å². The molecular formula is C15H24Cl2N4O3. The SMILES string of the molecule is CC(C)[C@@H](N)C(=O)N1CCN(c2cccc([N+](=O)[O-])c2)CC1.Cl.Cl. The second-order valence-electron chi connectivity index (χ2n) is 5.86. The molecule has 0 radical (unpaired) electrons. The third-order valence-corrected chi connectivity index (χ3v) is 4.00. The van der Waals surface area contributed by atoms with Gasteiger partial charge in [0, 0.05) is 44.0 Å². The fourth-order valence-corrected chi connectivity index (χ4v) is 2.48. The number of nitro benzene ring substituents is 1. The first-order valence-corrected chi connectivity index (χ1v) is 7.44. The van der Waals surface area contributed by atoms with Gasteiger partial charge in [0.05, 0.1) is 11.0 Å². The highest BCUT2D eigenvalue weighted by atomic mass is 35.5. The van der Waals surface area contributed by atoms with E-state index in [2.05, 4.69) is 4.90 Å². The fraction of sp³-hybridized carbons (Fsp3) is 0.533. The summed E-state index contributed by atoms with van der Waals surface area (Å²) in [6.45, 7) is 6.34. The summed E-state index contributed by atoms with van der Waals surface area (Å²) in [4.78, 5) is 26.5. The zero-order valence-corrected chi connectivity index (χ0v) is 15.4. The number of hydrogen-bond donors (Lipinski definition) is 1. The summed E-state index contributed by atoms with van der Waals surface area (Å²) in [5.41, 5.74) is 6.81. The molecule has 1 aromatic rings. The van der Waals surface area contributed by atoms with Crippen molar-refractivity contribution in [2.45, 2.75) is 19.9 Å². The van der Waals surface area contributed by atoms with E-state index in [-0.39, 0.29) is 42.3 Å². The maximum Gasteiger partial charge on any atom is 0.271 e. The van der Waals surface area contributed by atoms with Gasteiger partial charge in [0.1, 0.15) is 0 Å². The molecule has 0 saturated carbocycles. The molecule has 24 heavy (non-hydrogen) atoms. The molecule has 1 saturated heterocycles. The van der Waals surface area contributed by atoms with Gasteiger partial charge in [0.25, 0.3) is 5.69 Å². The molecule has 1 atom stereocenters. The van der Waals surface area contributed by atoms with Crippen LogP contribution >= 0.6 is 24.8 Å². The van der Waals surface area contributed by atoms with Gasteiger partial charge < -0.3 is 15.5 Å². The Balaban J connectivity index is 0.00000264. The van der Waals surface area contributed by atoms with E-state index in [9.17, 15) is 14.9 Å². The molecule has 136 valence electrons. The average molecular weight is 379 g/mol. The van der Waals surface area contributed by atoms with Gasteiger partial charge in [-0.1, -0.05) is 19.9 Å². The maximum absolute atomic E-state index is 12.2. The summed E-state index contributed by atoms with van der Waals surface area (Å²) in [5, 5.41) is 10.8. The predicted molar refractivity (Wildman–Crippen MR) is 99.2 cm³/mol. The number of carbonyl (C=O) groups excluding carboxylic acids is 1. The molecule has 0 unspecified atom stereocenters. The lowest BCUT2D eigenvalue weighted by Gasteiger charge is -2.37. The quantitative estimate of drug-likeness (QED) is 0.639. The smallest absolute Gasteiger partial charge is 0.271 e. The van der Waals surface area contributed by atoms with Crippen molar-refractivity contribution in [1.29, 1.82) is 0 Å². The first-order chi connectivity index (χ1) is 10.4. The molecule has 7 nitrogen and oxygen atoms in total. The molecule has 9 heteroatoms. The monoisotopic (exact) mass is 378 g/mol. The normalized spacial score (nSPS) is 15.3. The van der Waals surface area contributed by atoms with Crippen molar-refractivity contribution in [2.24, 2.45) is 11.7 Å². The van der Waals surface area contributed by atoms with Crippen molar-refractivity contribution >= 4 is 42.1 Å². The van der Waals surface area contributed by atoms with Crippen LogP contribution in [0, 0.1) is 16.0 Å². The van der Waals surface area contributed by atoms with Gasteiger partial charge in [-0.25, -0.2) is 0 Å². The van der Waals surface area contributed by atoms with Crippen molar-refractivity contribution in [3.05, 3.63) is 34.4 Å². The van der Waals surface area contributed by atoms with Gasteiger partial charge in [0.2, 0.25) is 5.91 Å². The van der Waals surface area contributed by atoms with Crippen LogP contribution in [0.15, 0.2) is 24.3 Å². The molecule has 1 aliphatic heterocycles. The zero-order chi connectivity index (χ0) is 16.3. The Morgan fingerprint density at radius 1 is 1.21 bits per heavy atom. The van der Waals surface area contributed by atoms with Gasteiger partial charge >= 0.3 is 0 Å². The van der Waals surface area contributed by atoms with Gasteiger partial charge in [-0.15, -0.1) is 24.8 Å². The minimum atomic E-state index is -0.468. The minimum absolute atomic E-state index is 0. The van der Waals surface area contributed by atoms with Crippen molar-refractivity contribution in [3.63, 3.8) is 0 Å². The lowest BCUT2D eigenvalue weighted by atomic mass is 10.0. The largest absolute Gasteiger partial charge is 0.368 e. The Bertz CT molecular complexity index is 563. The predicted octanol–water partition coefficient (Wildman–Crippen LogP) is 2.07. The van der Waals surface area contributed by atoms with E-state index in [0.717, 1.165) is 5.69 Å². The first kappa shape index (κ1) is 22.4. The number of benzene rings is 1. The molecule has 1 heterocycles. The van der Waals surface area contributed by atoms with Crippen LogP contribution in [-0.4, -0.2) is 48.0 Å². The number of nitro groups is 1. The molecule has 1 fully saturated rings. The number of piperazine rings is 1. The minimum Gasteiger partial charge on any atom is -0.368 e. The van der Waals surface area contributed by atoms with Crippen LogP contribution < -0.4 is 10.6 Å². The number of carbonyl (C=O) groups is 1. The molecular weight excluding hydrogens is 355 g/mol. The molecule has 0 aromatic heterocycles. The van der Waals surface area contributed by atoms with E-state index in [4.69, 9.17) is 5.73 Å². The highest BCUT2D eigenvalue weighted by molar-refractivity contribution is 5.85. The Hall–Kier alpha value is -1.57.